The maximum Gasteiger partial charge on any atom is 0.494 e. The zero-order chi connectivity index (χ0) is 66.2. The molecule has 3 aromatic heterocycles. The summed E-state index contributed by atoms with van der Waals surface area (Å²) in [4.78, 5) is 68.5. The van der Waals surface area contributed by atoms with E-state index in [4.69, 9.17) is 33.7 Å². The Kier molecular flexibility index (Phi) is 20.6. The van der Waals surface area contributed by atoms with Crippen LogP contribution in [0.2, 0.25) is 0 Å². The normalized spacial score (nSPS) is 24.7. The fraction of sp³-hybridized carbons (Fsp3) is 0.589. The number of nitrogens with zero attached hydrogens (tertiary/aromatic N) is 6. The molecule has 18 heteroatoms. The Bertz CT molecular complexity index is 3390. The maximum atomic E-state index is 13.2. The Balaban J connectivity index is 0.000000188. The van der Waals surface area contributed by atoms with Crippen LogP contribution < -0.4 is 5.46 Å². The van der Waals surface area contributed by atoms with E-state index in [-0.39, 0.29) is 66.8 Å². The number of nitrogens with one attached hydrogen (secondary N) is 3. The molecule has 3 saturated carbocycles. The number of imidazole rings is 3. The largest absolute Gasteiger partial charge is 0.494 e. The van der Waals surface area contributed by atoms with E-state index in [2.05, 4.69) is 147 Å². The average Bonchev–Trinajstić information content (AvgIpc) is 1.60. The zero-order valence-corrected chi connectivity index (χ0v) is 57.8. The molecule has 4 saturated heterocycles. The minimum absolute atomic E-state index is 0.0635. The van der Waals surface area contributed by atoms with Crippen molar-refractivity contribution in [3.63, 3.8) is 0 Å². The Hall–Kier alpha value is -6.92. The zero-order valence-electron chi connectivity index (χ0n) is 57.8. The molecule has 4 aliphatic heterocycles. The van der Waals surface area contributed by atoms with E-state index in [1.54, 1.807) is 4.90 Å². The minimum atomic E-state index is -0.875. The SMILES string of the molecule is CC(C)(C)OC(=O)N1C(c2ncc(-c3cc(-c4cnc(C5C6CCC(C6)N5C(=O)O)[nH]4)ccc3-c3ccccc3)[nH]2)CC2CC21.CC(C)(C)OC(=O)N1C2CCC(C2)C1c1ncc(-c2ccc(B3OC(C)(C)C(C)(C)O3)cc2)[nH]1.CC(C)C.CC(C)C.CC(C)C. The molecular formula is C73H104BN9O8. The molecule has 4 N–H and O–H groups in total. The Morgan fingerprint density at radius 3 is 1.51 bits per heavy atom. The van der Waals surface area contributed by atoms with Crippen LogP contribution in [0.25, 0.3) is 44.9 Å². The van der Waals surface area contributed by atoms with Gasteiger partial charge >= 0.3 is 25.4 Å². The first kappa shape index (κ1) is 68.5. The molecule has 492 valence electrons. The van der Waals surface area contributed by atoms with Crippen LogP contribution in [0.15, 0.2) is 91.4 Å². The van der Waals surface area contributed by atoms with Crippen molar-refractivity contribution in [2.24, 2.45) is 35.5 Å². The van der Waals surface area contributed by atoms with E-state index < -0.39 is 17.3 Å². The smallest absolute Gasteiger partial charge is 0.465 e. The lowest BCUT2D eigenvalue weighted by atomic mass is 9.79. The number of aromatic amines is 3. The van der Waals surface area contributed by atoms with Crippen LogP contribution in [0.3, 0.4) is 0 Å². The lowest BCUT2D eigenvalue weighted by Crippen LogP contribution is -2.43. The summed E-state index contributed by atoms with van der Waals surface area (Å²) in [7, 11) is -0.382. The number of rotatable bonds is 8. The molecule has 13 rings (SSSR count). The first-order valence-electron chi connectivity index (χ1n) is 33.5. The van der Waals surface area contributed by atoms with Gasteiger partial charge in [-0.25, -0.2) is 29.3 Å². The molecule has 91 heavy (non-hydrogen) atoms. The predicted molar refractivity (Wildman–Crippen MR) is 361 cm³/mol. The second-order valence-corrected chi connectivity index (χ2v) is 31.2. The monoisotopic (exact) mass is 1250 g/mol. The van der Waals surface area contributed by atoms with Gasteiger partial charge in [-0.15, -0.1) is 0 Å². The van der Waals surface area contributed by atoms with Gasteiger partial charge < -0.3 is 38.8 Å². The molecule has 9 atom stereocenters. The number of carboxylic acid groups (broad SMARTS) is 1. The Labute approximate surface area is 542 Å². The molecule has 4 bridgehead atoms. The van der Waals surface area contributed by atoms with E-state index in [1.807, 2.05) is 100 Å². The van der Waals surface area contributed by atoms with Gasteiger partial charge in [0.15, 0.2) is 0 Å². The number of benzene rings is 3. The summed E-state index contributed by atoms with van der Waals surface area (Å²) in [6.45, 7) is 39.1. The number of hydrogen-bond donors (Lipinski definition) is 4. The lowest BCUT2D eigenvalue weighted by Gasteiger charge is -2.35. The third-order valence-electron chi connectivity index (χ3n) is 17.8. The third kappa shape index (κ3) is 16.1. The fourth-order valence-electron chi connectivity index (χ4n) is 13.3. The molecule has 0 radical (unpaired) electrons. The lowest BCUT2D eigenvalue weighted by molar-refractivity contribution is 0.00578. The molecule has 7 aliphatic rings. The van der Waals surface area contributed by atoms with E-state index >= 15 is 0 Å². The highest BCUT2D eigenvalue weighted by molar-refractivity contribution is 6.62. The van der Waals surface area contributed by atoms with Crippen LogP contribution in [0.1, 0.15) is 219 Å². The summed E-state index contributed by atoms with van der Waals surface area (Å²) < 4.78 is 23.9. The van der Waals surface area contributed by atoms with Gasteiger partial charge in [0.2, 0.25) is 0 Å². The number of hydrogen-bond acceptors (Lipinski definition) is 10. The first-order chi connectivity index (χ1) is 42.7. The van der Waals surface area contributed by atoms with Gasteiger partial charge in [-0.05, 0) is 184 Å². The van der Waals surface area contributed by atoms with Gasteiger partial charge in [0.05, 0.1) is 65.0 Å². The van der Waals surface area contributed by atoms with Crippen molar-refractivity contribution < 1.29 is 38.3 Å². The average molecular weight is 1250 g/mol. The molecule has 6 aromatic rings. The number of ether oxygens (including phenoxy) is 2. The highest BCUT2D eigenvalue weighted by atomic mass is 16.7. The second kappa shape index (κ2) is 27.3. The predicted octanol–water partition coefficient (Wildman–Crippen LogP) is 17.2. The number of fused-ring (bicyclic) bond motifs is 5. The molecule has 3 aromatic carbocycles. The molecule has 17 nitrogen and oxygen atoms in total. The van der Waals surface area contributed by atoms with Crippen LogP contribution in [0.4, 0.5) is 14.4 Å². The van der Waals surface area contributed by atoms with Gasteiger partial charge in [-0.3, -0.25) is 14.7 Å². The van der Waals surface area contributed by atoms with Crippen LogP contribution in [0, 0.1) is 35.5 Å². The van der Waals surface area contributed by atoms with Crippen molar-refractivity contribution in [1.29, 1.82) is 0 Å². The van der Waals surface area contributed by atoms with Crippen LogP contribution in [0.5, 0.6) is 0 Å². The minimum Gasteiger partial charge on any atom is -0.465 e. The molecular weight excluding hydrogens is 1140 g/mol. The molecule has 0 spiro atoms. The van der Waals surface area contributed by atoms with Gasteiger partial charge in [0.25, 0.3) is 0 Å². The van der Waals surface area contributed by atoms with Crippen molar-refractivity contribution >= 4 is 30.9 Å². The number of likely N-dealkylation sites (tertiary alicyclic amines) is 3. The number of piperidine rings is 3. The first-order valence-corrected chi connectivity index (χ1v) is 33.5. The van der Waals surface area contributed by atoms with Crippen LogP contribution in [-0.2, 0) is 18.8 Å². The molecule has 7 fully saturated rings. The highest BCUT2D eigenvalue weighted by Gasteiger charge is 2.57. The van der Waals surface area contributed by atoms with E-state index in [9.17, 15) is 19.5 Å². The summed E-state index contributed by atoms with van der Waals surface area (Å²) in [6, 6.07) is 24.8. The van der Waals surface area contributed by atoms with Crippen LogP contribution >= 0.6 is 0 Å². The van der Waals surface area contributed by atoms with Crippen molar-refractivity contribution in [3.05, 3.63) is 109 Å². The number of carbonyl (C=O) groups excluding carboxylic acids is 2. The highest BCUT2D eigenvalue weighted by Crippen LogP contribution is 2.55. The summed E-state index contributed by atoms with van der Waals surface area (Å²) in [6.07, 6.45) is 12.0. The topological polar surface area (TPSA) is 204 Å². The van der Waals surface area contributed by atoms with Gasteiger partial charge in [-0.2, -0.15) is 0 Å². The Morgan fingerprint density at radius 1 is 0.538 bits per heavy atom. The molecule has 3 aliphatic carbocycles. The number of H-pyrrole nitrogens is 3. The summed E-state index contributed by atoms with van der Waals surface area (Å²) in [5.74, 6) is 6.01. The number of carbonyl (C=O) groups is 3. The molecule has 7 heterocycles. The van der Waals surface area contributed by atoms with Crippen LogP contribution in [-0.4, -0.2) is 116 Å². The van der Waals surface area contributed by atoms with Crippen molar-refractivity contribution in [2.45, 2.75) is 242 Å². The fourth-order valence-corrected chi connectivity index (χ4v) is 13.3. The van der Waals surface area contributed by atoms with Crippen molar-refractivity contribution in [2.75, 3.05) is 0 Å². The van der Waals surface area contributed by atoms with Gasteiger partial charge in [0, 0.05) is 29.3 Å². The van der Waals surface area contributed by atoms with Gasteiger partial charge in [-0.1, -0.05) is 129 Å². The Morgan fingerprint density at radius 2 is 0.989 bits per heavy atom. The number of aromatic nitrogens is 6. The molecule has 9 unspecified atom stereocenters. The summed E-state index contributed by atoms with van der Waals surface area (Å²) in [5.41, 5.74) is 6.90. The third-order valence-corrected chi connectivity index (χ3v) is 17.8. The van der Waals surface area contributed by atoms with E-state index in [0.29, 0.717) is 23.6 Å². The van der Waals surface area contributed by atoms with Crippen molar-refractivity contribution in [1.82, 2.24) is 44.6 Å². The quantitative estimate of drug-likeness (QED) is 0.106. The number of amides is 3. The van der Waals surface area contributed by atoms with Gasteiger partial charge in [0.1, 0.15) is 28.7 Å². The molecule has 3 amide bonds. The summed E-state index contributed by atoms with van der Waals surface area (Å²) in [5, 5.41) is 9.93. The maximum absolute atomic E-state index is 13.2. The van der Waals surface area contributed by atoms with Crippen molar-refractivity contribution in [3.8, 4) is 44.9 Å². The summed E-state index contributed by atoms with van der Waals surface area (Å²) >= 11 is 0. The van der Waals surface area contributed by atoms with E-state index in [1.165, 1.54) is 0 Å². The standard InChI is InChI=1S/C35H38N6O4.C26H36BN3O4.3C4H10/c1-35(2,3)45-34(44)41-28-15-22(28)16-29(41)31-36-18-27(39-31)25-14-20(10-12-24(25)19-7-5-4-6-8-19)26-17-37-32(38-26)30-21-9-11-23(13-21)40(30)33(42)43;1-24(2,3)32-23(31)30-19-13-10-17(14-19)21(30)22-28-15-20(29-22)16-8-11-18(12-9-16)27-33-25(4,5)26(6,7)34-27;3*1-4(2)3/h4-8,10,12,14,17-18,21-23,28-30H,9,11,13,15-16H2,1-3H3,(H,36,39)(H,37,38)(H,42,43);8-9,11-12,15,17,19,21H,10,13-14H2,1-7H3,(H,28,29);3*4H,1-3H3. The second-order valence-electron chi connectivity index (χ2n) is 31.2. The van der Waals surface area contributed by atoms with E-state index in [0.717, 1.165) is 131 Å².